The van der Waals surface area contributed by atoms with E-state index < -0.39 is 40.0 Å². The lowest BCUT2D eigenvalue weighted by molar-refractivity contribution is -0.134. The van der Waals surface area contributed by atoms with Crippen LogP contribution in [-0.2, 0) is 31.6 Å². The van der Waals surface area contributed by atoms with Gasteiger partial charge in [-0.05, 0) is 67.5 Å². The van der Waals surface area contributed by atoms with Crippen LogP contribution in [0.15, 0.2) is 53.4 Å². The largest absolute Gasteiger partial charge is 0.325 e. The summed E-state index contributed by atoms with van der Waals surface area (Å²) >= 11 is 0. The van der Waals surface area contributed by atoms with E-state index in [1.54, 1.807) is 7.05 Å². The van der Waals surface area contributed by atoms with Gasteiger partial charge in [-0.3, -0.25) is 14.5 Å². The lowest BCUT2D eigenvalue weighted by Gasteiger charge is -2.33. The summed E-state index contributed by atoms with van der Waals surface area (Å²) in [6.07, 6.45) is 6.99. The number of nitrogens with one attached hydrogen (secondary N) is 2. The number of carbonyl (C=O) groups excluding carboxylic acids is 3. The zero-order chi connectivity index (χ0) is 26.2. The second-order valence-electron chi connectivity index (χ2n) is 10.1. The minimum absolute atomic E-state index is 0.00157. The van der Waals surface area contributed by atoms with E-state index in [9.17, 15) is 22.8 Å². The van der Waals surface area contributed by atoms with E-state index in [2.05, 4.69) is 10.6 Å². The Morgan fingerprint density at radius 3 is 2.49 bits per heavy atom. The molecule has 9 nitrogen and oxygen atoms in total. The van der Waals surface area contributed by atoms with Crippen LogP contribution >= 0.6 is 0 Å². The number of nitrogens with zero attached hydrogens (tertiary/aromatic N) is 2. The van der Waals surface area contributed by atoms with Gasteiger partial charge in [0.15, 0.2) is 0 Å². The van der Waals surface area contributed by atoms with Crippen molar-refractivity contribution in [1.29, 1.82) is 0 Å². The summed E-state index contributed by atoms with van der Waals surface area (Å²) in [7, 11) is -2.02. The summed E-state index contributed by atoms with van der Waals surface area (Å²) < 4.78 is 27.6. The van der Waals surface area contributed by atoms with Gasteiger partial charge in [-0.15, -0.1) is 0 Å². The Morgan fingerprint density at radius 2 is 1.76 bits per heavy atom. The maximum atomic E-state index is 13.4. The quantitative estimate of drug-likeness (QED) is 0.562. The first kappa shape index (κ1) is 25.4. The lowest BCUT2D eigenvalue weighted by atomic mass is 9.76. The first-order valence-electron chi connectivity index (χ1n) is 12.8. The highest BCUT2D eigenvalue weighted by Crippen LogP contribution is 2.39. The molecule has 0 bridgehead atoms. The van der Waals surface area contributed by atoms with Crippen LogP contribution in [0.4, 0.5) is 10.5 Å². The number of hydrogen-bond acceptors (Lipinski definition) is 5. The molecule has 2 N–H and O–H groups in total. The lowest BCUT2D eigenvalue weighted by Crippen LogP contribution is -2.47. The molecule has 1 heterocycles. The third-order valence-electron chi connectivity index (χ3n) is 7.86. The topological polar surface area (TPSA) is 116 Å². The number of imide groups is 1. The molecule has 1 saturated carbocycles. The molecule has 2 aromatic rings. The van der Waals surface area contributed by atoms with E-state index in [-0.39, 0.29) is 10.9 Å². The van der Waals surface area contributed by atoms with Gasteiger partial charge in [0.05, 0.1) is 4.90 Å². The Kier molecular flexibility index (Phi) is 6.80. The number of hydrogen-bond donors (Lipinski definition) is 2. The molecule has 37 heavy (non-hydrogen) atoms. The Labute approximate surface area is 217 Å². The van der Waals surface area contributed by atoms with Crippen LogP contribution in [-0.4, -0.2) is 55.1 Å². The summed E-state index contributed by atoms with van der Waals surface area (Å²) in [5, 5.41) is 5.51. The highest BCUT2D eigenvalue weighted by atomic mass is 32.2. The SMILES string of the molecule is CN(C1CCCCC1)S(=O)(=O)c1ccc(NC(=O)CN2C(=O)NC3(CCCc4ccccc43)C2=O)cc1. The second-order valence-corrected chi connectivity index (χ2v) is 12.1. The van der Waals surface area contributed by atoms with Crippen LogP contribution in [0.5, 0.6) is 0 Å². The van der Waals surface area contributed by atoms with E-state index in [1.807, 2.05) is 24.3 Å². The van der Waals surface area contributed by atoms with Crippen molar-refractivity contribution in [1.82, 2.24) is 14.5 Å². The molecule has 1 unspecified atom stereocenters. The van der Waals surface area contributed by atoms with E-state index >= 15 is 0 Å². The fourth-order valence-corrected chi connectivity index (χ4v) is 7.23. The Hall–Kier alpha value is -3.24. The molecule has 196 valence electrons. The van der Waals surface area contributed by atoms with Crippen molar-refractivity contribution in [2.75, 3.05) is 18.9 Å². The number of amides is 4. The molecular formula is C27H32N4O5S. The smallest absolute Gasteiger partial charge is 0.325 e. The van der Waals surface area contributed by atoms with Crippen molar-refractivity contribution in [2.24, 2.45) is 0 Å². The Bertz CT molecular complexity index is 1320. The first-order valence-corrected chi connectivity index (χ1v) is 14.3. The summed E-state index contributed by atoms with van der Waals surface area (Å²) in [5.74, 6) is -0.966. The maximum Gasteiger partial charge on any atom is 0.325 e. The van der Waals surface area contributed by atoms with Crippen molar-refractivity contribution in [2.45, 2.75) is 67.8 Å². The van der Waals surface area contributed by atoms with Crippen molar-refractivity contribution >= 4 is 33.6 Å². The van der Waals surface area contributed by atoms with Gasteiger partial charge in [0.2, 0.25) is 15.9 Å². The molecule has 10 heteroatoms. The zero-order valence-corrected chi connectivity index (χ0v) is 21.7. The monoisotopic (exact) mass is 524 g/mol. The number of urea groups is 1. The molecule has 5 rings (SSSR count). The number of carbonyl (C=O) groups is 3. The fourth-order valence-electron chi connectivity index (χ4n) is 5.82. The van der Waals surface area contributed by atoms with Gasteiger partial charge in [-0.2, -0.15) is 4.31 Å². The maximum absolute atomic E-state index is 13.4. The predicted molar refractivity (Wildman–Crippen MR) is 138 cm³/mol. The summed E-state index contributed by atoms with van der Waals surface area (Å²) in [6, 6.07) is 12.9. The second kappa shape index (κ2) is 9.90. The van der Waals surface area contributed by atoms with Crippen LogP contribution in [0.1, 0.15) is 56.1 Å². The van der Waals surface area contributed by atoms with Gasteiger partial charge in [0.1, 0.15) is 12.1 Å². The molecule has 2 fully saturated rings. The average molecular weight is 525 g/mol. The van der Waals surface area contributed by atoms with E-state index in [1.165, 1.54) is 28.6 Å². The Balaban J connectivity index is 1.25. The minimum atomic E-state index is -3.64. The molecule has 2 aliphatic carbocycles. The standard InChI is InChI=1S/C27H32N4O5S/c1-30(21-10-3-2-4-11-21)37(35,36)22-15-13-20(14-16-22)28-24(32)18-31-25(33)27(29-26(31)34)17-7-9-19-8-5-6-12-23(19)27/h5-6,8,12-16,21H,2-4,7,9-11,17-18H2,1H3,(H,28,32)(H,29,34). The van der Waals surface area contributed by atoms with Gasteiger partial charge >= 0.3 is 6.03 Å². The molecule has 1 aliphatic heterocycles. The summed E-state index contributed by atoms with van der Waals surface area (Å²) in [5.41, 5.74) is 1.07. The Morgan fingerprint density at radius 1 is 1.05 bits per heavy atom. The van der Waals surface area contributed by atoms with Gasteiger partial charge in [-0.1, -0.05) is 43.5 Å². The number of anilines is 1. The van der Waals surface area contributed by atoms with E-state index in [4.69, 9.17) is 0 Å². The minimum Gasteiger partial charge on any atom is -0.325 e. The summed E-state index contributed by atoms with van der Waals surface area (Å²) in [6.45, 7) is -0.431. The number of fused-ring (bicyclic) bond motifs is 2. The van der Waals surface area contributed by atoms with Crippen molar-refractivity contribution in [3.8, 4) is 0 Å². The van der Waals surface area contributed by atoms with Crippen LogP contribution in [0, 0.1) is 0 Å². The fraction of sp³-hybridized carbons (Fsp3) is 0.444. The highest BCUT2D eigenvalue weighted by Gasteiger charge is 2.54. The highest BCUT2D eigenvalue weighted by molar-refractivity contribution is 7.89. The van der Waals surface area contributed by atoms with E-state index in [0.29, 0.717) is 12.1 Å². The van der Waals surface area contributed by atoms with Crippen LogP contribution in [0.25, 0.3) is 0 Å². The number of benzene rings is 2. The first-order chi connectivity index (χ1) is 17.7. The molecule has 0 radical (unpaired) electrons. The van der Waals surface area contributed by atoms with Crippen molar-refractivity contribution in [3.05, 3.63) is 59.7 Å². The molecule has 1 atom stereocenters. The molecule has 3 aliphatic rings. The van der Waals surface area contributed by atoms with Crippen LogP contribution in [0.3, 0.4) is 0 Å². The van der Waals surface area contributed by atoms with Gasteiger partial charge in [-0.25, -0.2) is 13.2 Å². The number of aryl methyl sites for hydroxylation is 1. The zero-order valence-electron chi connectivity index (χ0n) is 20.9. The van der Waals surface area contributed by atoms with Gasteiger partial charge in [0, 0.05) is 18.8 Å². The molecule has 2 aromatic carbocycles. The van der Waals surface area contributed by atoms with E-state index in [0.717, 1.165) is 61.0 Å². The molecule has 4 amide bonds. The third kappa shape index (κ3) is 4.64. The number of rotatable bonds is 6. The normalized spacial score (nSPS) is 22.3. The van der Waals surface area contributed by atoms with Gasteiger partial charge < -0.3 is 10.6 Å². The van der Waals surface area contributed by atoms with Crippen LogP contribution in [0.2, 0.25) is 0 Å². The van der Waals surface area contributed by atoms with Crippen molar-refractivity contribution in [3.63, 3.8) is 0 Å². The number of sulfonamides is 1. The molecule has 1 spiro atoms. The molecule has 0 aromatic heterocycles. The summed E-state index contributed by atoms with van der Waals surface area (Å²) in [4.78, 5) is 40.0. The molecular weight excluding hydrogens is 492 g/mol. The third-order valence-corrected chi connectivity index (χ3v) is 9.78. The van der Waals surface area contributed by atoms with Gasteiger partial charge in [0.25, 0.3) is 5.91 Å². The van der Waals surface area contributed by atoms with Crippen molar-refractivity contribution < 1.29 is 22.8 Å². The van der Waals surface area contributed by atoms with Crippen LogP contribution < -0.4 is 10.6 Å². The average Bonchev–Trinajstić information content (AvgIpc) is 3.13. The molecule has 1 saturated heterocycles. The predicted octanol–water partition coefficient (Wildman–Crippen LogP) is 3.36.